The van der Waals surface area contributed by atoms with Gasteiger partial charge < -0.3 is 14.3 Å². The average molecular weight is 339 g/mol. The lowest BCUT2D eigenvalue weighted by Gasteiger charge is -2.35. The molecular weight excluding hydrogens is 318 g/mol. The topological polar surface area (TPSA) is 62.9 Å². The van der Waals surface area contributed by atoms with Crippen LogP contribution in [0.15, 0.2) is 45.6 Å². The van der Waals surface area contributed by atoms with Crippen LogP contribution in [-0.4, -0.2) is 35.3 Å². The van der Waals surface area contributed by atoms with Crippen molar-refractivity contribution < 1.29 is 14.3 Å². The number of ether oxygens (including phenoxy) is 1. The lowest BCUT2D eigenvalue weighted by molar-refractivity contribution is -0.0705. The summed E-state index contributed by atoms with van der Waals surface area (Å²) in [6.45, 7) is 6.15. The van der Waals surface area contributed by atoms with Gasteiger partial charge >= 0.3 is 5.63 Å². The van der Waals surface area contributed by atoms with Crippen LogP contribution in [0.1, 0.15) is 19.4 Å². The molecule has 0 radical (unpaired) electrons. The van der Waals surface area contributed by atoms with Gasteiger partial charge in [-0.15, -0.1) is 0 Å². The van der Waals surface area contributed by atoms with E-state index in [0.29, 0.717) is 23.1 Å². The van der Waals surface area contributed by atoms with Gasteiger partial charge in [0.1, 0.15) is 11.3 Å². The number of benzene rings is 2. The number of aromatic hydroxyl groups is 1. The second kappa shape index (κ2) is 6.17. The molecule has 5 heteroatoms. The van der Waals surface area contributed by atoms with Crippen LogP contribution in [0.5, 0.6) is 5.75 Å². The number of fused-ring (bicyclic) bond motifs is 3. The first-order valence-electron chi connectivity index (χ1n) is 8.57. The highest BCUT2D eigenvalue weighted by atomic mass is 16.5. The normalized spacial score (nSPS) is 21.8. The molecule has 1 aromatic heterocycles. The number of phenolic OH excluding ortho intramolecular Hbond substituents is 1. The quantitative estimate of drug-likeness (QED) is 0.573. The summed E-state index contributed by atoms with van der Waals surface area (Å²) in [5.74, 6) is 0.151. The van der Waals surface area contributed by atoms with Crippen LogP contribution in [-0.2, 0) is 11.3 Å². The Balaban J connectivity index is 1.86. The third-order valence-corrected chi connectivity index (χ3v) is 4.74. The number of rotatable bonds is 2. The Bertz CT molecular complexity index is 984. The van der Waals surface area contributed by atoms with Gasteiger partial charge in [0.25, 0.3) is 0 Å². The van der Waals surface area contributed by atoms with Gasteiger partial charge in [0, 0.05) is 25.0 Å². The van der Waals surface area contributed by atoms with Crippen molar-refractivity contribution in [3.8, 4) is 5.75 Å². The van der Waals surface area contributed by atoms with Crippen LogP contribution in [0.25, 0.3) is 21.7 Å². The smallest absolute Gasteiger partial charge is 0.344 e. The fourth-order valence-corrected chi connectivity index (χ4v) is 3.78. The van der Waals surface area contributed by atoms with Crippen LogP contribution in [0.2, 0.25) is 0 Å². The first kappa shape index (κ1) is 16.1. The number of morpholine rings is 1. The van der Waals surface area contributed by atoms with Crippen LogP contribution in [0, 0.1) is 0 Å². The van der Waals surface area contributed by atoms with Gasteiger partial charge in [0.2, 0.25) is 0 Å². The molecule has 1 saturated heterocycles. The highest BCUT2D eigenvalue weighted by molar-refractivity contribution is 6.05. The highest BCUT2D eigenvalue weighted by Crippen LogP contribution is 2.32. The standard InChI is InChI=1S/C20H21NO4/c1-12-9-21(10-13(2)24-12)11-17-18(22)8-7-15-14-5-3-4-6-16(14)20(23)25-19(15)17/h3-8,12-13,22H,9-11H2,1-2H3/t12-,13-/m0/s1. The van der Waals surface area contributed by atoms with Crippen molar-refractivity contribution in [2.75, 3.05) is 13.1 Å². The Morgan fingerprint density at radius 3 is 2.44 bits per heavy atom. The molecule has 4 rings (SSSR count). The minimum atomic E-state index is -0.376. The highest BCUT2D eigenvalue weighted by Gasteiger charge is 2.24. The predicted octanol–water partition coefficient (Wildman–Crippen LogP) is 3.26. The molecule has 25 heavy (non-hydrogen) atoms. The van der Waals surface area contributed by atoms with E-state index in [1.807, 2.05) is 38.1 Å². The zero-order chi connectivity index (χ0) is 17.6. The molecule has 1 N–H and O–H groups in total. The molecule has 2 atom stereocenters. The van der Waals surface area contributed by atoms with E-state index in [0.717, 1.165) is 23.9 Å². The van der Waals surface area contributed by atoms with Gasteiger partial charge in [-0.05, 0) is 37.4 Å². The Morgan fingerprint density at radius 1 is 1.04 bits per heavy atom. The summed E-state index contributed by atoms with van der Waals surface area (Å²) in [4.78, 5) is 14.6. The second-order valence-electron chi connectivity index (χ2n) is 6.83. The summed E-state index contributed by atoms with van der Waals surface area (Å²) < 4.78 is 11.4. The van der Waals surface area contributed by atoms with Gasteiger partial charge in [0.05, 0.1) is 23.2 Å². The number of hydrogen-bond donors (Lipinski definition) is 1. The van der Waals surface area contributed by atoms with Crippen LogP contribution < -0.4 is 5.63 Å². The molecule has 2 aromatic carbocycles. The first-order valence-corrected chi connectivity index (χ1v) is 8.57. The maximum atomic E-state index is 12.4. The van der Waals surface area contributed by atoms with Crippen LogP contribution in [0.3, 0.4) is 0 Å². The Hall–Kier alpha value is -2.37. The molecule has 1 aliphatic rings. The van der Waals surface area contributed by atoms with Crippen molar-refractivity contribution >= 4 is 21.7 Å². The molecule has 3 aromatic rings. The zero-order valence-corrected chi connectivity index (χ0v) is 14.4. The van der Waals surface area contributed by atoms with E-state index in [1.165, 1.54) is 0 Å². The summed E-state index contributed by atoms with van der Waals surface area (Å²) in [7, 11) is 0. The van der Waals surface area contributed by atoms with E-state index in [9.17, 15) is 9.90 Å². The second-order valence-corrected chi connectivity index (χ2v) is 6.83. The number of hydrogen-bond acceptors (Lipinski definition) is 5. The Kier molecular flexibility index (Phi) is 3.98. The molecule has 0 aliphatic carbocycles. The minimum Gasteiger partial charge on any atom is -0.507 e. The summed E-state index contributed by atoms with van der Waals surface area (Å²) in [6, 6.07) is 10.9. The lowest BCUT2D eigenvalue weighted by Crippen LogP contribution is -2.44. The maximum absolute atomic E-state index is 12.4. The fraction of sp³-hybridized carbons (Fsp3) is 0.350. The van der Waals surface area contributed by atoms with E-state index >= 15 is 0 Å². The summed E-state index contributed by atoms with van der Waals surface area (Å²) >= 11 is 0. The Morgan fingerprint density at radius 2 is 1.72 bits per heavy atom. The number of phenols is 1. The monoisotopic (exact) mass is 339 g/mol. The largest absolute Gasteiger partial charge is 0.507 e. The van der Waals surface area contributed by atoms with Gasteiger partial charge in [-0.25, -0.2) is 4.79 Å². The summed E-state index contributed by atoms with van der Waals surface area (Å²) in [5.41, 5.74) is 0.746. The van der Waals surface area contributed by atoms with Gasteiger partial charge in [0.15, 0.2) is 0 Å². The predicted molar refractivity (Wildman–Crippen MR) is 96.9 cm³/mol. The molecule has 1 fully saturated rings. The lowest BCUT2D eigenvalue weighted by atomic mass is 10.0. The van der Waals surface area contributed by atoms with E-state index in [4.69, 9.17) is 9.15 Å². The van der Waals surface area contributed by atoms with Crippen molar-refractivity contribution in [3.63, 3.8) is 0 Å². The van der Waals surface area contributed by atoms with Gasteiger partial charge in [-0.3, -0.25) is 4.90 Å². The molecule has 5 nitrogen and oxygen atoms in total. The molecule has 0 saturated carbocycles. The molecule has 1 aliphatic heterocycles. The van der Waals surface area contributed by atoms with Crippen LogP contribution >= 0.6 is 0 Å². The fourth-order valence-electron chi connectivity index (χ4n) is 3.78. The maximum Gasteiger partial charge on any atom is 0.344 e. The van der Waals surface area contributed by atoms with Crippen molar-refractivity contribution in [1.29, 1.82) is 0 Å². The number of nitrogens with zero attached hydrogens (tertiary/aromatic N) is 1. The third-order valence-electron chi connectivity index (χ3n) is 4.74. The SMILES string of the molecule is C[C@H]1CN(Cc2c(O)ccc3c2oc(=O)c2ccccc23)C[C@H](C)O1. The third kappa shape index (κ3) is 2.90. The van der Waals surface area contributed by atoms with E-state index in [1.54, 1.807) is 12.1 Å². The molecule has 0 amide bonds. The summed E-state index contributed by atoms with van der Waals surface area (Å²) in [6.07, 6.45) is 0.266. The van der Waals surface area contributed by atoms with Crippen molar-refractivity contribution in [2.45, 2.75) is 32.6 Å². The van der Waals surface area contributed by atoms with Crippen molar-refractivity contribution in [2.24, 2.45) is 0 Å². The minimum absolute atomic E-state index is 0.133. The molecule has 130 valence electrons. The Labute approximate surface area is 145 Å². The first-order chi connectivity index (χ1) is 12.0. The van der Waals surface area contributed by atoms with E-state index in [2.05, 4.69) is 4.90 Å². The average Bonchev–Trinajstić information content (AvgIpc) is 2.57. The van der Waals surface area contributed by atoms with Crippen molar-refractivity contribution in [3.05, 3.63) is 52.4 Å². The summed E-state index contributed by atoms with van der Waals surface area (Å²) in [5, 5.41) is 12.7. The molecule has 0 bridgehead atoms. The van der Waals surface area contributed by atoms with Gasteiger partial charge in [-0.2, -0.15) is 0 Å². The zero-order valence-electron chi connectivity index (χ0n) is 14.4. The van der Waals surface area contributed by atoms with E-state index < -0.39 is 0 Å². The molecule has 0 unspecified atom stereocenters. The molecule has 0 spiro atoms. The van der Waals surface area contributed by atoms with E-state index in [-0.39, 0.29) is 23.6 Å². The molecule has 2 heterocycles. The van der Waals surface area contributed by atoms with Crippen LogP contribution in [0.4, 0.5) is 0 Å². The van der Waals surface area contributed by atoms with Crippen molar-refractivity contribution in [1.82, 2.24) is 4.90 Å². The van der Waals surface area contributed by atoms with Gasteiger partial charge in [-0.1, -0.05) is 18.2 Å². The molecular formula is C20H21NO4.